The number of furan rings is 1. The highest BCUT2D eigenvalue weighted by molar-refractivity contribution is 5.97. The van der Waals surface area contributed by atoms with Gasteiger partial charge in [0.1, 0.15) is 11.5 Å². The molecule has 1 N–H and O–H groups in total. The van der Waals surface area contributed by atoms with Gasteiger partial charge in [0.05, 0.1) is 24.1 Å². The zero-order chi connectivity index (χ0) is 20.5. The monoisotopic (exact) mass is 384 g/mol. The Labute approximate surface area is 169 Å². The third kappa shape index (κ3) is 5.44. The van der Waals surface area contributed by atoms with Crippen LogP contribution in [0.25, 0.3) is 5.70 Å². The van der Waals surface area contributed by atoms with Crippen molar-refractivity contribution in [1.29, 1.82) is 0 Å². The lowest BCUT2D eigenvalue weighted by Crippen LogP contribution is -2.23. The maximum Gasteiger partial charge on any atom is 0.251 e. The standard InChI is InChI=1S/C23H20N4O2/c1-3-19(23(28)25-17-22-9-6-15-29-22)16-20(18(2)27-14-7-13-26-27)10-11-21-8-4-5-12-24-21/h3-9,12-16H,2,17H2,1H3,(H,25,28)/b19-3+,20-16-. The molecule has 0 fully saturated rings. The lowest BCUT2D eigenvalue weighted by atomic mass is 10.1. The molecule has 0 saturated heterocycles. The van der Waals surface area contributed by atoms with E-state index in [-0.39, 0.29) is 5.91 Å². The van der Waals surface area contributed by atoms with Crippen LogP contribution in [0, 0.1) is 11.8 Å². The van der Waals surface area contributed by atoms with Gasteiger partial charge in [-0.3, -0.25) is 4.79 Å². The molecule has 6 heteroatoms. The SMILES string of the molecule is C=C(/C(C#Cc1ccccn1)=C\C(=C/C)C(=O)NCc1ccco1)n1cccn1. The minimum atomic E-state index is -0.241. The summed E-state index contributed by atoms with van der Waals surface area (Å²) >= 11 is 0. The number of carbonyl (C=O) groups is 1. The molecule has 3 aromatic rings. The second kappa shape index (κ2) is 9.72. The Balaban J connectivity index is 1.86. The molecule has 0 spiro atoms. The molecular formula is C23H20N4O2. The van der Waals surface area contributed by atoms with Crippen LogP contribution in [0.15, 0.2) is 95.5 Å². The average molecular weight is 384 g/mol. The van der Waals surface area contributed by atoms with E-state index in [2.05, 4.69) is 33.8 Å². The molecule has 0 atom stereocenters. The van der Waals surface area contributed by atoms with Crippen LogP contribution in [0.4, 0.5) is 0 Å². The first-order valence-corrected chi connectivity index (χ1v) is 8.98. The van der Waals surface area contributed by atoms with E-state index in [1.165, 1.54) is 0 Å². The molecule has 29 heavy (non-hydrogen) atoms. The predicted molar refractivity (Wildman–Crippen MR) is 111 cm³/mol. The zero-order valence-electron chi connectivity index (χ0n) is 16.0. The van der Waals surface area contributed by atoms with Crippen LogP contribution in [-0.4, -0.2) is 20.7 Å². The first-order chi connectivity index (χ1) is 14.2. The number of hydrogen-bond acceptors (Lipinski definition) is 4. The molecule has 3 aromatic heterocycles. The minimum absolute atomic E-state index is 0.241. The number of rotatable bonds is 6. The summed E-state index contributed by atoms with van der Waals surface area (Å²) in [6.07, 6.45) is 10.1. The maximum absolute atomic E-state index is 12.6. The fraction of sp³-hybridized carbons (Fsp3) is 0.0870. The summed E-state index contributed by atoms with van der Waals surface area (Å²) in [5.74, 6) is 6.50. The van der Waals surface area contributed by atoms with Crippen LogP contribution >= 0.6 is 0 Å². The molecule has 0 aliphatic heterocycles. The van der Waals surface area contributed by atoms with E-state index >= 15 is 0 Å². The van der Waals surface area contributed by atoms with Gasteiger partial charge in [-0.1, -0.05) is 24.6 Å². The largest absolute Gasteiger partial charge is 0.467 e. The molecule has 0 radical (unpaired) electrons. The number of nitrogens with one attached hydrogen (secondary N) is 1. The van der Waals surface area contributed by atoms with Crippen molar-refractivity contribution in [2.75, 3.05) is 0 Å². The quantitative estimate of drug-likeness (QED) is 0.401. The molecule has 1 amide bonds. The summed E-state index contributed by atoms with van der Waals surface area (Å²) in [6, 6.07) is 10.9. The Morgan fingerprint density at radius 3 is 2.83 bits per heavy atom. The Morgan fingerprint density at radius 1 is 1.28 bits per heavy atom. The van der Waals surface area contributed by atoms with Crippen LogP contribution in [0.5, 0.6) is 0 Å². The van der Waals surface area contributed by atoms with Gasteiger partial charge in [-0.2, -0.15) is 5.10 Å². The van der Waals surface area contributed by atoms with Gasteiger partial charge < -0.3 is 9.73 Å². The zero-order valence-corrected chi connectivity index (χ0v) is 16.0. The number of allylic oxidation sites excluding steroid dienone is 3. The molecule has 0 aromatic carbocycles. The van der Waals surface area contributed by atoms with Gasteiger partial charge >= 0.3 is 0 Å². The summed E-state index contributed by atoms with van der Waals surface area (Å²) in [5, 5.41) is 7.03. The third-order valence-electron chi connectivity index (χ3n) is 3.96. The van der Waals surface area contributed by atoms with Crippen LogP contribution < -0.4 is 5.32 Å². The fourth-order valence-corrected chi connectivity index (χ4v) is 2.43. The number of nitrogens with zero attached hydrogens (tertiary/aromatic N) is 3. The van der Waals surface area contributed by atoms with E-state index in [4.69, 9.17) is 4.42 Å². The summed E-state index contributed by atoms with van der Waals surface area (Å²) in [7, 11) is 0. The number of pyridine rings is 1. The number of amides is 1. The van der Waals surface area contributed by atoms with Gasteiger partial charge in [-0.15, -0.1) is 0 Å². The van der Waals surface area contributed by atoms with Gasteiger partial charge in [-0.25, -0.2) is 9.67 Å². The van der Waals surface area contributed by atoms with Gasteiger partial charge in [-0.05, 0) is 49.3 Å². The molecule has 0 bridgehead atoms. The predicted octanol–water partition coefficient (Wildman–Crippen LogP) is 3.58. The van der Waals surface area contributed by atoms with E-state index in [0.717, 1.165) is 0 Å². The van der Waals surface area contributed by atoms with Gasteiger partial charge in [0.2, 0.25) is 0 Å². The molecule has 6 nitrogen and oxygen atoms in total. The van der Waals surface area contributed by atoms with Crippen molar-refractivity contribution in [2.45, 2.75) is 13.5 Å². The van der Waals surface area contributed by atoms with Crippen molar-refractivity contribution in [1.82, 2.24) is 20.1 Å². The van der Waals surface area contributed by atoms with Crippen molar-refractivity contribution >= 4 is 11.6 Å². The van der Waals surface area contributed by atoms with Crippen molar-refractivity contribution in [3.05, 3.63) is 103 Å². The molecule has 0 aliphatic rings. The average Bonchev–Trinajstić information content (AvgIpc) is 3.46. The van der Waals surface area contributed by atoms with Crippen LogP contribution in [0.3, 0.4) is 0 Å². The first kappa shape index (κ1) is 19.6. The lowest BCUT2D eigenvalue weighted by molar-refractivity contribution is -0.117. The Kier molecular flexibility index (Phi) is 6.58. The highest BCUT2D eigenvalue weighted by Gasteiger charge is 2.10. The van der Waals surface area contributed by atoms with Crippen LogP contribution in [0.1, 0.15) is 18.4 Å². The molecular weight excluding hydrogens is 364 g/mol. The van der Waals surface area contributed by atoms with E-state index in [1.807, 2.05) is 18.2 Å². The molecule has 3 heterocycles. The van der Waals surface area contributed by atoms with Gasteiger partial charge in [0.15, 0.2) is 0 Å². The second-order valence-electron chi connectivity index (χ2n) is 5.93. The molecule has 144 valence electrons. The van der Waals surface area contributed by atoms with Crippen molar-refractivity contribution in [2.24, 2.45) is 0 Å². The van der Waals surface area contributed by atoms with Crippen molar-refractivity contribution < 1.29 is 9.21 Å². The highest BCUT2D eigenvalue weighted by atomic mass is 16.3. The molecule has 3 rings (SSSR count). The molecule has 0 aliphatic carbocycles. The van der Waals surface area contributed by atoms with E-state index in [1.54, 1.807) is 66.8 Å². The van der Waals surface area contributed by atoms with Crippen molar-refractivity contribution in [3.63, 3.8) is 0 Å². The first-order valence-electron chi connectivity index (χ1n) is 8.98. The van der Waals surface area contributed by atoms with Crippen LogP contribution in [-0.2, 0) is 11.3 Å². The third-order valence-corrected chi connectivity index (χ3v) is 3.96. The van der Waals surface area contributed by atoms with Crippen molar-refractivity contribution in [3.8, 4) is 11.8 Å². The van der Waals surface area contributed by atoms with E-state index in [0.29, 0.717) is 34.8 Å². The van der Waals surface area contributed by atoms with Gasteiger partial charge in [0.25, 0.3) is 5.91 Å². The lowest BCUT2D eigenvalue weighted by Gasteiger charge is -2.08. The van der Waals surface area contributed by atoms with E-state index < -0.39 is 0 Å². The summed E-state index contributed by atoms with van der Waals surface area (Å²) in [6.45, 7) is 6.17. The number of hydrogen-bond donors (Lipinski definition) is 1. The Hall–Kier alpha value is -4.11. The minimum Gasteiger partial charge on any atom is -0.467 e. The smallest absolute Gasteiger partial charge is 0.251 e. The van der Waals surface area contributed by atoms with E-state index in [9.17, 15) is 4.79 Å². The molecule has 0 unspecified atom stereocenters. The topological polar surface area (TPSA) is 73.0 Å². The summed E-state index contributed by atoms with van der Waals surface area (Å²) in [4.78, 5) is 16.8. The highest BCUT2D eigenvalue weighted by Crippen LogP contribution is 2.16. The maximum atomic E-state index is 12.6. The second-order valence-corrected chi connectivity index (χ2v) is 5.93. The van der Waals surface area contributed by atoms with Crippen LogP contribution in [0.2, 0.25) is 0 Å². The summed E-state index contributed by atoms with van der Waals surface area (Å²) in [5.41, 5.74) is 2.18. The number of carbonyl (C=O) groups excluding carboxylic acids is 1. The van der Waals surface area contributed by atoms with Gasteiger partial charge in [0, 0.05) is 24.2 Å². The molecule has 0 saturated carbocycles. The Bertz CT molecular complexity index is 1080. The Morgan fingerprint density at radius 2 is 2.17 bits per heavy atom. The number of aromatic nitrogens is 3. The fourth-order valence-electron chi connectivity index (χ4n) is 2.43. The normalized spacial score (nSPS) is 11.5. The summed E-state index contributed by atoms with van der Waals surface area (Å²) < 4.78 is 6.85.